The second-order valence-corrected chi connectivity index (χ2v) is 11.6. The van der Waals surface area contributed by atoms with Gasteiger partial charge in [-0.25, -0.2) is 4.98 Å². The largest absolute Gasteiger partial charge is 0.496 e. The van der Waals surface area contributed by atoms with Crippen LogP contribution in [0.25, 0.3) is 0 Å². The third-order valence-electron chi connectivity index (χ3n) is 7.53. The molecule has 3 aromatic carbocycles. The minimum Gasteiger partial charge on any atom is -0.496 e. The van der Waals surface area contributed by atoms with Crippen molar-refractivity contribution in [1.29, 1.82) is 5.26 Å². The Morgan fingerprint density at radius 1 is 0.978 bits per heavy atom. The molecule has 1 heterocycles. The van der Waals surface area contributed by atoms with Crippen LogP contribution in [-0.2, 0) is 12.0 Å². The molecule has 0 saturated carbocycles. The van der Waals surface area contributed by atoms with Crippen molar-refractivity contribution in [2.24, 2.45) is 0 Å². The van der Waals surface area contributed by atoms with Gasteiger partial charge in [0.2, 0.25) is 11.5 Å². The zero-order valence-corrected chi connectivity index (χ0v) is 29.0. The summed E-state index contributed by atoms with van der Waals surface area (Å²) in [7, 11) is 6.09. The fraction of sp³-hybridized carbons (Fsp3) is 0.353. The van der Waals surface area contributed by atoms with Gasteiger partial charge in [0.15, 0.2) is 11.5 Å². The van der Waals surface area contributed by atoms with Gasteiger partial charge in [0.1, 0.15) is 23.8 Å². The van der Waals surface area contributed by atoms with Gasteiger partial charge in [-0.15, -0.1) is 0 Å². The molecule has 45 heavy (non-hydrogen) atoms. The first-order chi connectivity index (χ1) is 21.6. The monoisotopic (exact) mass is 696 g/mol. The first-order valence-electron chi connectivity index (χ1n) is 14.3. The molecule has 4 rings (SSSR count). The SMILES string of the molecule is CCCCC(C#N)(Cn1cncn1)c1ccc(Cl)cc1.COc1cc(C)c(C(=O)c2c(OC)ccc(Br)c2C)c(OC)c1OC. The number of aryl methyl sites for hydroxylation is 1. The minimum atomic E-state index is -0.589. The van der Waals surface area contributed by atoms with Gasteiger partial charge in [0.25, 0.3) is 0 Å². The first-order valence-corrected chi connectivity index (χ1v) is 15.4. The summed E-state index contributed by atoms with van der Waals surface area (Å²) in [6.07, 6.45) is 5.97. The molecule has 0 radical (unpaired) electrons. The number of unbranched alkanes of at least 4 members (excludes halogenated alkanes) is 1. The molecule has 1 aromatic heterocycles. The van der Waals surface area contributed by atoms with Gasteiger partial charge in [-0.2, -0.15) is 10.4 Å². The van der Waals surface area contributed by atoms with Crippen molar-refractivity contribution in [3.63, 3.8) is 0 Å². The third-order valence-corrected chi connectivity index (χ3v) is 8.64. The summed E-state index contributed by atoms with van der Waals surface area (Å²) in [4.78, 5) is 17.3. The Labute approximate surface area is 278 Å². The third kappa shape index (κ3) is 7.96. The maximum Gasteiger partial charge on any atom is 0.204 e. The molecule has 0 fully saturated rings. The lowest BCUT2D eigenvalue weighted by atomic mass is 9.77. The Bertz CT molecular complexity index is 1640. The summed E-state index contributed by atoms with van der Waals surface area (Å²) in [5.41, 5.74) is 2.80. The molecule has 0 aliphatic carbocycles. The molecule has 0 spiro atoms. The second kappa shape index (κ2) is 16.3. The van der Waals surface area contributed by atoms with Crippen molar-refractivity contribution in [1.82, 2.24) is 14.8 Å². The number of nitrogens with zero attached hydrogens (tertiary/aromatic N) is 4. The zero-order valence-electron chi connectivity index (χ0n) is 26.6. The van der Waals surface area contributed by atoms with Gasteiger partial charge < -0.3 is 18.9 Å². The van der Waals surface area contributed by atoms with E-state index in [9.17, 15) is 10.1 Å². The van der Waals surface area contributed by atoms with Crippen molar-refractivity contribution >= 4 is 33.3 Å². The fourth-order valence-corrected chi connectivity index (χ4v) is 5.56. The van der Waals surface area contributed by atoms with Crippen molar-refractivity contribution in [3.8, 4) is 29.1 Å². The van der Waals surface area contributed by atoms with E-state index in [0.29, 0.717) is 45.7 Å². The van der Waals surface area contributed by atoms with Crippen LogP contribution < -0.4 is 18.9 Å². The number of methoxy groups -OCH3 is 4. The molecule has 0 amide bonds. The number of aromatic nitrogens is 3. The Morgan fingerprint density at radius 3 is 2.18 bits per heavy atom. The van der Waals surface area contributed by atoms with E-state index in [1.165, 1.54) is 27.7 Å². The highest BCUT2D eigenvalue weighted by Crippen LogP contribution is 2.44. The predicted octanol–water partition coefficient (Wildman–Crippen LogP) is 7.91. The van der Waals surface area contributed by atoms with Gasteiger partial charge in [-0.05, 0) is 67.3 Å². The lowest BCUT2D eigenvalue weighted by molar-refractivity contribution is 0.103. The highest BCUT2D eigenvalue weighted by atomic mass is 79.9. The Kier molecular flexibility index (Phi) is 12.8. The number of halogens is 2. The van der Waals surface area contributed by atoms with Crippen LogP contribution in [-0.4, -0.2) is 49.0 Å². The van der Waals surface area contributed by atoms with Gasteiger partial charge in [0.05, 0.1) is 52.2 Å². The number of hydrogen-bond donors (Lipinski definition) is 0. The summed E-state index contributed by atoms with van der Waals surface area (Å²) < 4.78 is 24.2. The first kappa shape index (κ1) is 35.4. The van der Waals surface area contributed by atoms with Crippen LogP contribution in [0.3, 0.4) is 0 Å². The van der Waals surface area contributed by atoms with Crippen molar-refractivity contribution < 1.29 is 23.7 Å². The number of ketones is 1. The summed E-state index contributed by atoms with van der Waals surface area (Å²) in [6, 6.07) is 15.4. The normalized spacial score (nSPS) is 11.8. The van der Waals surface area contributed by atoms with E-state index in [1.807, 2.05) is 44.2 Å². The quantitative estimate of drug-likeness (QED) is 0.138. The van der Waals surface area contributed by atoms with Gasteiger partial charge in [-0.3, -0.25) is 9.48 Å². The average Bonchev–Trinajstić information content (AvgIpc) is 3.57. The topological polar surface area (TPSA) is 108 Å². The molecule has 0 bridgehead atoms. The molecule has 0 aliphatic heterocycles. The number of nitriles is 1. The van der Waals surface area contributed by atoms with Crippen LogP contribution in [0.4, 0.5) is 0 Å². The maximum atomic E-state index is 13.4. The van der Waals surface area contributed by atoms with Crippen molar-refractivity contribution in [2.45, 2.75) is 52.0 Å². The highest BCUT2D eigenvalue weighted by molar-refractivity contribution is 9.10. The molecule has 11 heteroatoms. The van der Waals surface area contributed by atoms with Crippen LogP contribution in [0.1, 0.15) is 58.8 Å². The van der Waals surface area contributed by atoms with E-state index in [4.69, 9.17) is 30.5 Å². The lowest BCUT2D eigenvalue weighted by Gasteiger charge is -2.27. The van der Waals surface area contributed by atoms with E-state index in [0.717, 1.165) is 40.4 Å². The van der Waals surface area contributed by atoms with E-state index in [2.05, 4.69) is 39.0 Å². The molecule has 0 saturated heterocycles. The predicted molar refractivity (Wildman–Crippen MR) is 178 cm³/mol. The van der Waals surface area contributed by atoms with Crippen LogP contribution >= 0.6 is 27.5 Å². The molecule has 9 nitrogen and oxygen atoms in total. The maximum absolute atomic E-state index is 13.4. The standard InChI is InChI=1S/C19H21BrO5.C15H17ClN4/c1-10-9-14(23-4)18(24-5)19(25-6)15(10)17(21)16-11(2)12(20)7-8-13(16)22-3;1-2-3-8-15(9-17,10-20-12-18-11-19-20)13-4-6-14(16)7-5-13/h7-9H,1-6H3;4-7,11-12H,2-3,8,10H2,1H3. The Hall–Kier alpha value is -4.07. The summed E-state index contributed by atoms with van der Waals surface area (Å²) in [6.45, 7) is 6.32. The molecule has 4 aromatic rings. The van der Waals surface area contributed by atoms with Crippen LogP contribution in [0.2, 0.25) is 5.02 Å². The number of benzene rings is 3. The summed E-state index contributed by atoms with van der Waals surface area (Å²) in [5, 5.41) is 14.6. The van der Waals surface area contributed by atoms with Crippen molar-refractivity contribution in [3.05, 3.63) is 92.4 Å². The highest BCUT2D eigenvalue weighted by Gasteiger charge is 2.33. The number of carbonyl (C=O) groups is 1. The molecular weight excluding hydrogens is 660 g/mol. The van der Waals surface area contributed by atoms with Crippen LogP contribution in [0.15, 0.2) is 59.6 Å². The molecule has 1 atom stereocenters. The lowest BCUT2D eigenvalue weighted by Crippen LogP contribution is -2.30. The Morgan fingerprint density at radius 2 is 1.64 bits per heavy atom. The number of carbonyl (C=O) groups excluding carboxylic acids is 1. The van der Waals surface area contributed by atoms with E-state index in [-0.39, 0.29) is 5.78 Å². The Balaban J connectivity index is 0.000000251. The van der Waals surface area contributed by atoms with Crippen LogP contribution in [0, 0.1) is 25.2 Å². The summed E-state index contributed by atoms with van der Waals surface area (Å²) in [5.74, 6) is 1.52. The fourth-order valence-electron chi connectivity index (χ4n) is 5.11. The number of rotatable bonds is 12. The van der Waals surface area contributed by atoms with E-state index >= 15 is 0 Å². The van der Waals surface area contributed by atoms with E-state index < -0.39 is 5.41 Å². The molecule has 1 unspecified atom stereocenters. The summed E-state index contributed by atoms with van der Waals surface area (Å²) >= 11 is 9.41. The van der Waals surface area contributed by atoms with Crippen LogP contribution in [0.5, 0.6) is 23.0 Å². The molecule has 238 valence electrons. The smallest absolute Gasteiger partial charge is 0.204 e. The van der Waals surface area contributed by atoms with E-state index in [1.54, 1.807) is 30.3 Å². The zero-order chi connectivity index (χ0) is 33.1. The van der Waals surface area contributed by atoms with Crippen molar-refractivity contribution in [2.75, 3.05) is 28.4 Å². The van der Waals surface area contributed by atoms with Gasteiger partial charge >= 0.3 is 0 Å². The molecule has 0 N–H and O–H groups in total. The average molecular weight is 698 g/mol. The number of ether oxygens (including phenoxy) is 4. The second-order valence-electron chi connectivity index (χ2n) is 10.3. The number of hydrogen-bond acceptors (Lipinski definition) is 8. The van der Waals surface area contributed by atoms with Gasteiger partial charge in [-0.1, -0.05) is 59.4 Å². The molecule has 0 aliphatic rings. The molecular formula is C34H38BrClN4O5. The van der Waals surface area contributed by atoms with Gasteiger partial charge in [0, 0.05) is 9.50 Å². The minimum absolute atomic E-state index is 0.203.